The van der Waals surface area contributed by atoms with Crippen molar-refractivity contribution in [3.05, 3.63) is 27.1 Å². The normalized spacial score (nSPS) is 22.0. The van der Waals surface area contributed by atoms with Gasteiger partial charge in [0.05, 0.1) is 9.80 Å². The number of carboxylic acid groups (broad SMARTS) is 1. The fraction of sp³-hybridized carbons (Fsp3) is 0.538. The zero-order chi connectivity index (χ0) is 15.6. The van der Waals surface area contributed by atoms with Crippen LogP contribution in [0.4, 0.5) is 5.00 Å². The SMILES string of the molecule is CCC1CCN(C(=O)c2ccc([N+](=O)[O-])s2)C(C(=O)O)C1. The van der Waals surface area contributed by atoms with E-state index in [1.165, 1.54) is 17.0 Å². The van der Waals surface area contributed by atoms with Crippen molar-refractivity contribution < 1.29 is 19.6 Å². The van der Waals surface area contributed by atoms with Crippen LogP contribution in [0.15, 0.2) is 12.1 Å². The monoisotopic (exact) mass is 312 g/mol. The van der Waals surface area contributed by atoms with E-state index in [0.29, 0.717) is 18.9 Å². The average molecular weight is 312 g/mol. The topological polar surface area (TPSA) is 101 Å². The summed E-state index contributed by atoms with van der Waals surface area (Å²) >= 11 is 0.780. The third kappa shape index (κ3) is 3.21. The number of nitrogens with zero attached hydrogens (tertiary/aromatic N) is 2. The van der Waals surface area contributed by atoms with Gasteiger partial charge in [-0.1, -0.05) is 24.7 Å². The largest absolute Gasteiger partial charge is 0.480 e. The van der Waals surface area contributed by atoms with Gasteiger partial charge in [0.1, 0.15) is 6.04 Å². The van der Waals surface area contributed by atoms with Crippen LogP contribution in [-0.2, 0) is 4.79 Å². The standard InChI is InChI=1S/C13H16N2O5S/c1-2-8-5-6-14(9(7-8)13(17)18)12(16)10-3-4-11(21-10)15(19)20/h3-4,8-9H,2,5-7H2,1H3,(H,17,18). The quantitative estimate of drug-likeness (QED) is 0.679. The van der Waals surface area contributed by atoms with E-state index >= 15 is 0 Å². The second-order valence-corrected chi connectivity index (χ2v) is 6.11. The number of nitro groups is 1. The van der Waals surface area contributed by atoms with Gasteiger partial charge in [-0.3, -0.25) is 14.9 Å². The summed E-state index contributed by atoms with van der Waals surface area (Å²) in [6.07, 6.45) is 2.08. The van der Waals surface area contributed by atoms with E-state index in [-0.39, 0.29) is 9.88 Å². The van der Waals surface area contributed by atoms with E-state index in [4.69, 9.17) is 0 Å². The van der Waals surface area contributed by atoms with Crippen LogP contribution in [0.2, 0.25) is 0 Å². The molecule has 1 N–H and O–H groups in total. The Kier molecular flexibility index (Phi) is 4.56. The highest BCUT2D eigenvalue weighted by molar-refractivity contribution is 7.17. The highest BCUT2D eigenvalue weighted by atomic mass is 32.1. The summed E-state index contributed by atoms with van der Waals surface area (Å²) in [7, 11) is 0. The molecule has 1 aliphatic heterocycles. The maximum Gasteiger partial charge on any atom is 0.326 e. The highest BCUT2D eigenvalue weighted by Crippen LogP contribution is 2.30. The van der Waals surface area contributed by atoms with E-state index in [2.05, 4.69) is 0 Å². The minimum atomic E-state index is -1.02. The van der Waals surface area contributed by atoms with Gasteiger partial charge in [-0.05, 0) is 24.8 Å². The van der Waals surface area contributed by atoms with Crippen molar-refractivity contribution in [1.82, 2.24) is 4.90 Å². The molecule has 0 saturated carbocycles. The summed E-state index contributed by atoms with van der Waals surface area (Å²) < 4.78 is 0. The summed E-state index contributed by atoms with van der Waals surface area (Å²) in [6.45, 7) is 2.38. The zero-order valence-electron chi connectivity index (χ0n) is 11.5. The first kappa shape index (κ1) is 15.4. The fourth-order valence-electron chi connectivity index (χ4n) is 2.57. The minimum absolute atomic E-state index is 0.117. The number of rotatable bonds is 4. The van der Waals surface area contributed by atoms with Gasteiger partial charge in [0.15, 0.2) is 0 Å². The van der Waals surface area contributed by atoms with Gasteiger partial charge in [-0.15, -0.1) is 0 Å². The molecular weight excluding hydrogens is 296 g/mol. The first-order chi connectivity index (χ1) is 9.93. The Balaban J connectivity index is 2.19. The lowest BCUT2D eigenvalue weighted by Crippen LogP contribution is -2.49. The molecule has 2 heterocycles. The number of amides is 1. The van der Waals surface area contributed by atoms with Crippen LogP contribution in [0.5, 0.6) is 0 Å². The summed E-state index contributed by atoms with van der Waals surface area (Å²) in [6, 6.07) is 1.81. The first-order valence-corrected chi connectivity index (χ1v) is 7.53. The molecule has 1 aromatic rings. The van der Waals surface area contributed by atoms with Crippen LogP contribution in [0.3, 0.4) is 0 Å². The van der Waals surface area contributed by atoms with Gasteiger partial charge >= 0.3 is 11.0 Å². The lowest BCUT2D eigenvalue weighted by atomic mass is 9.89. The van der Waals surface area contributed by atoms with Crippen molar-refractivity contribution in [2.75, 3.05) is 6.54 Å². The second-order valence-electron chi connectivity index (χ2n) is 5.05. The number of carbonyl (C=O) groups excluding carboxylic acids is 1. The molecule has 1 amide bonds. The Morgan fingerprint density at radius 1 is 1.52 bits per heavy atom. The van der Waals surface area contributed by atoms with Crippen LogP contribution >= 0.6 is 11.3 Å². The summed E-state index contributed by atoms with van der Waals surface area (Å²) in [5.74, 6) is -1.16. The molecule has 2 unspecified atom stereocenters. The van der Waals surface area contributed by atoms with Gasteiger partial charge in [0.2, 0.25) is 0 Å². The molecule has 114 valence electrons. The van der Waals surface area contributed by atoms with E-state index in [1.54, 1.807) is 0 Å². The van der Waals surface area contributed by atoms with Gasteiger partial charge in [-0.25, -0.2) is 4.79 Å². The molecule has 1 saturated heterocycles. The molecule has 21 heavy (non-hydrogen) atoms. The number of hydrogen-bond donors (Lipinski definition) is 1. The Bertz CT molecular complexity index is 571. The second kappa shape index (κ2) is 6.21. The van der Waals surface area contributed by atoms with Crippen molar-refractivity contribution in [3.8, 4) is 0 Å². The van der Waals surface area contributed by atoms with E-state index in [1.807, 2.05) is 6.92 Å². The lowest BCUT2D eigenvalue weighted by molar-refractivity contribution is -0.380. The smallest absolute Gasteiger partial charge is 0.326 e. The molecular formula is C13H16N2O5S. The molecule has 0 spiro atoms. The Labute approximate surface area is 125 Å². The first-order valence-electron chi connectivity index (χ1n) is 6.72. The predicted molar refractivity (Wildman–Crippen MR) is 76.4 cm³/mol. The van der Waals surface area contributed by atoms with E-state index < -0.39 is 22.8 Å². The molecule has 0 aromatic carbocycles. The number of carboxylic acids is 1. The van der Waals surface area contributed by atoms with Crippen molar-refractivity contribution in [1.29, 1.82) is 0 Å². The van der Waals surface area contributed by atoms with Crippen molar-refractivity contribution in [3.63, 3.8) is 0 Å². The molecule has 1 aliphatic rings. The molecule has 2 atom stereocenters. The lowest BCUT2D eigenvalue weighted by Gasteiger charge is -2.36. The molecule has 0 aliphatic carbocycles. The van der Waals surface area contributed by atoms with Crippen LogP contribution in [0.1, 0.15) is 35.9 Å². The number of carbonyl (C=O) groups is 2. The number of aliphatic carboxylic acids is 1. The van der Waals surface area contributed by atoms with Gasteiger partial charge < -0.3 is 10.0 Å². The maximum atomic E-state index is 12.4. The zero-order valence-corrected chi connectivity index (χ0v) is 12.3. The van der Waals surface area contributed by atoms with E-state index in [0.717, 1.165) is 24.2 Å². The summed E-state index contributed by atoms with van der Waals surface area (Å²) in [5, 5.41) is 19.9. The van der Waals surface area contributed by atoms with Crippen LogP contribution in [0, 0.1) is 16.0 Å². The maximum absolute atomic E-state index is 12.4. The summed E-state index contributed by atoms with van der Waals surface area (Å²) in [5.41, 5.74) is 0. The highest BCUT2D eigenvalue weighted by Gasteiger charge is 2.36. The molecule has 7 nitrogen and oxygen atoms in total. The number of hydrogen-bond acceptors (Lipinski definition) is 5. The van der Waals surface area contributed by atoms with Crippen molar-refractivity contribution in [2.24, 2.45) is 5.92 Å². The van der Waals surface area contributed by atoms with Crippen LogP contribution in [-0.4, -0.2) is 39.4 Å². The van der Waals surface area contributed by atoms with Crippen molar-refractivity contribution in [2.45, 2.75) is 32.2 Å². The molecule has 8 heteroatoms. The summed E-state index contributed by atoms with van der Waals surface area (Å²) in [4.78, 5) is 35.4. The van der Waals surface area contributed by atoms with Crippen LogP contribution < -0.4 is 0 Å². The molecule has 0 bridgehead atoms. The molecule has 1 aromatic heterocycles. The number of thiophene rings is 1. The predicted octanol–water partition coefficient (Wildman–Crippen LogP) is 2.37. The third-order valence-corrected chi connectivity index (χ3v) is 4.84. The molecule has 2 rings (SSSR count). The number of likely N-dealkylation sites (tertiary alicyclic amines) is 1. The Hall–Kier alpha value is -1.96. The van der Waals surface area contributed by atoms with Gasteiger partial charge in [-0.2, -0.15) is 0 Å². The average Bonchev–Trinajstić information content (AvgIpc) is 2.95. The molecule has 1 fully saturated rings. The van der Waals surface area contributed by atoms with Crippen LogP contribution in [0.25, 0.3) is 0 Å². The van der Waals surface area contributed by atoms with Crippen molar-refractivity contribution >= 4 is 28.2 Å². The third-order valence-electron chi connectivity index (χ3n) is 3.82. The minimum Gasteiger partial charge on any atom is -0.480 e. The van der Waals surface area contributed by atoms with Gasteiger partial charge in [0.25, 0.3) is 5.91 Å². The van der Waals surface area contributed by atoms with E-state index in [9.17, 15) is 24.8 Å². The number of piperidine rings is 1. The van der Waals surface area contributed by atoms with Gasteiger partial charge in [0, 0.05) is 12.6 Å². The Morgan fingerprint density at radius 3 is 2.76 bits per heavy atom. The molecule has 0 radical (unpaired) electrons. The Morgan fingerprint density at radius 2 is 2.24 bits per heavy atom. The fourth-order valence-corrected chi connectivity index (χ4v) is 3.35.